The molecule has 1 atom stereocenters. The Kier molecular flexibility index (Phi) is 5.82. The molecule has 2 N–H and O–H groups in total. The molecule has 1 amide bonds. The maximum Gasteiger partial charge on any atom is 0.270 e. The van der Waals surface area contributed by atoms with Crippen molar-refractivity contribution >= 4 is 11.6 Å². The Bertz CT molecular complexity index is 1100. The number of aryl methyl sites for hydroxylation is 1. The van der Waals surface area contributed by atoms with Crippen LogP contribution in [0.3, 0.4) is 0 Å². The van der Waals surface area contributed by atoms with E-state index in [2.05, 4.69) is 20.5 Å². The van der Waals surface area contributed by atoms with Crippen molar-refractivity contribution in [2.24, 2.45) is 5.92 Å². The van der Waals surface area contributed by atoms with Crippen LogP contribution in [0.5, 0.6) is 5.75 Å². The van der Waals surface area contributed by atoms with Gasteiger partial charge in [-0.2, -0.15) is 0 Å². The number of carbonyl (C=O) groups is 1. The molecule has 0 unspecified atom stereocenters. The predicted octanol–water partition coefficient (Wildman–Crippen LogP) is 3.33. The molecule has 2 saturated carbocycles. The predicted molar refractivity (Wildman–Crippen MR) is 116 cm³/mol. The lowest BCUT2D eigenvalue weighted by Gasteiger charge is -2.21. The number of aromatic nitrogens is 4. The maximum atomic E-state index is 13.1. The zero-order chi connectivity index (χ0) is 22.1. The summed E-state index contributed by atoms with van der Waals surface area (Å²) in [7, 11) is 0. The minimum Gasteiger partial charge on any atom is -0.489 e. The molecule has 9 heteroatoms. The highest BCUT2D eigenvalue weighted by Crippen LogP contribution is 2.39. The van der Waals surface area contributed by atoms with Gasteiger partial charge in [-0.1, -0.05) is 19.3 Å². The Hall–Kier alpha value is -2.94. The lowest BCUT2D eigenvalue weighted by atomic mass is 9.90. The van der Waals surface area contributed by atoms with E-state index >= 15 is 0 Å². The smallest absolute Gasteiger partial charge is 0.270 e. The number of hydrogen-bond donors (Lipinski definition) is 2. The van der Waals surface area contributed by atoms with E-state index in [0.29, 0.717) is 47.1 Å². The van der Waals surface area contributed by atoms with E-state index in [4.69, 9.17) is 9.15 Å². The molecular formula is C23H29N5O4. The number of ether oxygens (including phenoxy) is 1. The summed E-state index contributed by atoms with van der Waals surface area (Å²) in [6, 6.07) is 2.96. The van der Waals surface area contributed by atoms with Gasteiger partial charge in [0.2, 0.25) is 11.8 Å². The van der Waals surface area contributed by atoms with Crippen LogP contribution in [-0.2, 0) is 0 Å². The van der Waals surface area contributed by atoms with Gasteiger partial charge in [-0.25, -0.2) is 4.98 Å². The number of pyridine rings is 1. The highest BCUT2D eigenvalue weighted by molar-refractivity contribution is 5.95. The molecule has 5 rings (SSSR count). The second-order valence-corrected chi connectivity index (χ2v) is 8.89. The van der Waals surface area contributed by atoms with Crippen molar-refractivity contribution in [1.82, 2.24) is 24.9 Å². The van der Waals surface area contributed by atoms with Gasteiger partial charge in [-0.15, -0.1) is 10.2 Å². The van der Waals surface area contributed by atoms with E-state index in [0.717, 1.165) is 12.8 Å². The minimum atomic E-state index is -0.779. The topological polar surface area (TPSA) is 115 Å². The Labute approximate surface area is 186 Å². The Morgan fingerprint density at radius 3 is 2.84 bits per heavy atom. The summed E-state index contributed by atoms with van der Waals surface area (Å²) in [5, 5.41) is 20.7. The van der Waals surface area contributed by atoms with E-state index < -0.39 is 6.04 Å². The number of aliphatic hydroxyl groups excluding tert-OH is 1. The van der Waals surface area contributed by atoms with Crippen LogP contribution < -0.4 is 10.1 Å². The molecule has 3 heterocycles. The Morgan fingerprint density at radius 2 is 2.09 bits per heavy atom. The fourth-order valence-electron chi connectivity index (χ4n) is 4.40. The van der Waals surface area contributed by atoms with Gasteiger partial charge in [0.1, 0.15) is 11.7 Å². The summed E-state index contributed by atoms with van der Waals surface area (Å²) in [5.41, 5.74) is 1.58. The molecule has 3 aromatic heterocycles. The largest absolute Gasteiger partial charge is 0.489 e. The average Bonchev–Trinajstić information content (AvgIpc) is 3.44. The number of hydrogen-bond acceptors (Lipinski definition) is 7. The third kappa shape index (κ3) is 4.21. The third-order valence-electron chi connectivity index (χ3n) is 6.37. The van der Waals surface area contributed by atoms with Crippen LogP contribution in [0.1, 0.15) is 84.9 Å². The summed E-state index contributed by atoms with van der Waals surface area (Å²) in [4.78, 5) is 17.7. The monoisotopic (exact) mass is 439 g/mol. The average molecular weight is 440 g/mol. The number of nitrogens with one attached hydrogen (secondary N) is 1. The highest BCUT2D eigenvalue weighted by atomic mass is 16.5. The zero-order valence-electron chi connectivity index (χ0n) is 18.3. The molecule has 0 radical (unpaired) electrons. The second-order valence-electron chi connectivity index (χ2n) is 8.89. The number of amides is 1. The van der Waals surface area contributed by atoms with Crippen molar-refractivity contribution in [3.05, 3.63) is 41.5 Å². The van der Waals surface area contributed by atoms with Crippen LogP contribution in [0, 0.1) is 12.8 Å². The fourth-order valence-corrected chi connectivity index (χ4v) is 4.40. The number of fused-ring (bicyclic) bond motifs is 1. The molecule has 2 aliphatic rings. The molecule has 9 nitrogen and oxygen atoms in total. The molecule has 170 valence electrons. The van der Waals surface area contributed by atoms with Crippen molar-refractivity contribution in [3.8, 4) is 5.75 Å². The van der Waals surface area contributed by atoms with Crippen molar-refractivity contribution < 1.29 is 19.1 Å². The van der Waals surface area contributed by atoms with Gasteiger partial charge in [-0.3, -0.25) is 9.20 Å². The first-order chi connectivity index (χ1) is 15.6. The molecule has 0 saturated heterocycles. The number of aliphatic hydroxyl groups is 1. The molecule has 0 spiro atoms. The van der Waals surface area contributed by atoms with Crippen molar-refractivity contribution in [2.45, 2.75) is 63.8 Å². The van der Waals surface area contributed by atoms with Gasteiger partial charge >= 0.3 is 0 Å². The number of imidazole rings is 1. The summed E-state index contributed by atoms with van der Waals surface area (Å²) in [6.07, 6.45) is 10.1. The molecule has 2 fully saturated rings. The van der Waals surface area contributed by atoms with Gasteiger partial charge in [0, 0.05) is 12.1 Å². The summed E-state index contributed by atoms with van der Waals surface area (Å²) in [5.74, 6) is 1.96. The van der Waals surface area contributed by atoms with Crippen LogP contribution in [0.4, 0.5) is 0 Å². The lowest BCUT2D eigenvalue weighted by Crippen LogP contribution is -2.32. The second kappa shape index (κ2) is 8.90. The first-order valence-electron chi connectivity index (χ1n) is 11.5. The van der Waals surface area contributed by atoms with Crippen LogP contribution in [0.15, 0.2) is 22.7 Å². The minimum absolute atomic E-state index is 0.214. The molecular weight excluding hydrogens is 410 g/mol. The summed E-state index contributed by atoms with van der Waals surface area (Å²) >= 11 is 0. The Balaban J connectivity index is 1.34. The van der Waals surface area contributed by atoms with Crippen LogP contribution in [0.2, 0.25) is 0 Å². The van der Waals surface area contributed by atoms with E-state index in [1.54, 1.807) is 17.5 Å². The van der Waals surface area contributed by atoms with Gasteiger partial charge in [0.05, 0.1) is 18.9 Å². The van der Waals surface area contributed by atoms with Crippen LogP contribution >= 0.6 is 0 Å². The number of nitrogens with zero attached hydrogens (tertiary/aromatic N) is 4. The first-order valence-corrected chi connectivity index (χ1v) is 11.5. The quantitative estimate of drug-likeness (QED) is 0.553. The SMILES string of the molecule is Cc1nc2c(OCC3CCCCC3)cccn2c1C(=O)N[C@@H](CO)c1nnc(C2CC2)o1. The van der Waals surface area contributed by atoms with E-state index in [1.807, 2.05) is 12.1 Å². The van der Waals surface area contributed by atoms with Crippen LogP contribution in [-0.4, -0.2) is 43.8 Å². The highest BCUT2D eigenvalue weighted by Gasteiger charge is 2.31. The van der Waals surface area contributed by atoms with Gasteiger partial charge < -0.3 is 19.6 Å². The number of rotatable bonds is 8. The van der Waals surface area contributed by atoms with Gasteiger partial charge in [0.25, 0.3) is 5.91 Å². The lowest BCUT2D eigenvalue weighted by molar-refractivity contribution is 0.0897. The zero-order valence-corrected chi connectivity index (χ0v) is 18.3. The van der Waals surface area contributed by atoms with Gasteiger partial charge in [0.15, 0.2) is 11.4 Å². The molecule has 0 bridgehead atoms. The van der Waals surface area contributed by atoms with E-state index in [9.17, 15) is 9.90 Å². The van der Waals surface area contributed by atoms with Crippen molar-refractivity contribution in [2.75, 3.05) is 13.2 Å². The standard InChI is InChI=1S/C23H29N5O4/c1-14-19(21(30)25-17(12-29)23-27-26-22(32-23)16-9-10-16)28-11-5-8-18(20(28)24-14)31-13-15-6-3-2-4-7-15/h5,8,11,15-17,29H,2-4,6-7,9-10,12-13H2,1H3,(H,25,30)/t17-/m0/s1. The summed E-state index contributed by atoms with van der Waals surface area (Å²) in [6.45, 7) is 2.11. The first kappa shape index (κ1) is 20.9. The normalized spacial score (nSPS) is 18.1. The maximum absolute atomic E-state index is 13.1. The van der Waals surface area contributed by atoms with Crippen molar-refractivity contribution in [3.63, 3.8) is 0 Å². The van der Waals surface area contributed by atoms with E-state index in [-0.39, 0.29) is 18.4 Å². The third-order valence-corrected chi connectivity index (χ3v) is 6.37. The summed E-state index contributed by atoms with van der Waals surface area (Å²) < 4.78 is 13.5. The molecule has 0 aromatic carbocycles. The molecule has 32 heavy (non-hydrogen) atoms. The Morgan fingerprint density at radius 1 is 1.28 bits per heavy atom. The fraction of sp³-hybridized carbons (Fsp3) is 0.565. The van der Waals surface area contributed by atoms with Crippen LogP contribution in [0.25, 0.3) is 5.65 Å². The number of carbonyl (C=O) groups excluding carboxylic acids is 1. The van der Waals surface area contributed by atoms with Crippen molar-refractivity contribution in [1.29, 1.82) is 0 Å². The molecule has 2 aliphatic carbocycles. The van der Waals surface area contributed by atoms with Gasteiger partial charge in [-0.05, 0) is 50.7 Å². The molecule has 3 aromatic rings. The van der Waals surface area contributed by atoms with E-state index in [1.165, 1.54) is 32.1 Å². The molecule has 0 aliphatic heterocycles.